The first kappa shape index (κ1) is 11.9. The van der Waals surface area contributed by atoms with Crippen molar-refractivity contribution < 1.29 is 4.74 Å². The number of fused-ring (bicyclic) bond motifs is 1. The lowest BCUT2D eigenvalue weighted by molar-refractivity contribution is 0.415. The third-order valence-electron chi connectivity index (χ3n) is 3.31. The molecule has 0 saturated carbocycles. The summed E-state index contributed by atoms with van der Waals surface area (Å²) in [4.78, 5) is 0. The van der Waals surface area contributed by atoms with E-state index in [1.807, 2.05) is 17.8 Å². The van der Waals surface area contributed by atoms with Gasteiger partial charge in [-0.15, -0.1) is 11.8 Å². The zero-order valence-electron chi connectivity index (χ0n) is 10.5. The van der Waals surface area contributed by atoms with Gasteiger partial charge in [0.1, 0.15) is 5.75 Å². The largest absolute Gasteiger partial charge is 0.497 e. The van der Waals surface area contributed by atoms with Crippen molar-refractivity contribution >= 4 is 22.5 Å². The molecule has 1 fully saturated rings. The number of methoxy groups -OCH3 is 1. The van der Waals surface area contributed by atoms with Crippen molar-refractivity contribution in [3.05, 3.63) is 42.0 Å². The Morgan fingerprint density at radius 3 is 2.78 bits per heavy atom. The van der Waals surface area contributed by atoms with Gasteiger partial charge in [0.2, 0.25) is 0 Å². The fraction of sp³-hybridized carbons (Fsp3) is 0.333. The van der Waals surface area contributed by atoms with Crippen LogP contribution in [0.1, 0.15) is 17.4 Å². The van der Waals surface area contributed by atoms with Gasteiger partial charge in [0, 0.05) is 0 Å². The SMILES string of the molecule is COc1ccc2cc(C3NCCCS3)ccc2c1. The molecule has 0 bridgehead atoms. The summed E-state index contributed by atoms with van der Waals surface area (Å²) in [5, 5.41) is 6.52. The van der Waals surface area contributed by atoms with E-state index in [0.717, 1.165) is 12.3 Å². The van der Waals surface area contributed by atoms with Crippen LogP contribution in [0.25, 0.3) is 10.8 Å². The van der Waals surface area contributed by atoms with Crippen LogP contribution >= 0.6 is 11.8 Å². The van der Waals surface area contributed by atoms with E-state index < -0.39 is 0 Å². The Morgan fingerprint density at radius 1 is 1.17 bits per heavy atom. The standard InChI is InChI=1S/C15H17NOS/c1-17-14-6-5-11-9-13(4-3-12(11)10-14)15-16-7-2-8-18-15/h3-6,9-10,15-16H,2,7-8H2,1H3. The Morgan fingerprint density at radius 2 is 2.00 bits per heavy atom. The van der Waals surface area contributed by atoms with Gasteiger partial charge in [0.05, 0.1) is 12.5 Å². The van der Waals surface area contributed by atoms with Crippen molar-refractivity contribution in [2.24, 2.45) is 0 Å². The van der Waals surface area contributed by atoms with Crippen LogP contribution in [0, 0.1) is 0 Å². The van der Waals surface area contributed by atoms with Gasteiger partial charge in [0.25, 0.3) is 0 Å². The number of nitrogens with one attached hydrogen (secondary N) is 1. The van der Waals surface area contributed by atoms with Crippen LogP contribution in [-0.2, 0) is 0 Å². The minimum atomic E-state index is 0.449. The van der Waals surface area contributed by atoms with Crippen LogP contribution in [0.2, 0.25) is 0 Å². The summed E-state index contributed by atoms with van der Waals surface area (Å²) >= 11 is 2.00. The molecule has 2 aromatic rings. The van der Waals surface area contributed by atoms with Gasteiger partial charge in [0.15, 0.2) is 0 Å². The lowest BCUT2D eigenvalue weighted by atomic mass is 10.1. The van der Waals surface area contributed by atoms with Crippen molar-refractivity contribution in [3.63, 3.8) is 0 Å². The maximum absolute atomic E-state index is 5.25. The fourth-order valence-electron chi connectivity index (χ4n) is 2.31. The first-order chi connectivity index (χ1) is 8.86. The fourth-order valence-corrected chi connectivity index (χ4v) is 3.43. The zero-order chi connectivity index (χ0) is 12.4. The first-order valence-electron chi connectivity index (χ1n) is 6.29. The second-order valence-corrected chi connectivity index (χ2v) is 5.74. The summed E-state index contributed by atoms with van der Waals surface area (Å²) < 4.78 is 5.25. The zero-order valence-corrected chi connectivity index (χ0v) is 11.3. The number of hydrogen-bond donors (Lipinski definition) is 1. The Kier molecular flexibility index (Phi) is 3.43. The first-order valence-corrected chi connectivity index (χ1v) is 7.34. The Hall–Kier alpha value is -1.19. The van der Waals surface area contributed by atoms with Gasteiger partial charge < -0.3 is 10.1 Å². The maximum Gasteiger partial charge on any atom is 0.119 e. The van der Waals surface area contributed by atoms with Crippen molar-refractivity contribution in [2.75, 3.05) is 19.4 Å². The molecule has 1 atom stereocenters. The molecule has 3 rings (SSSR count). The van der Waals surface area contributed by atoms with Crippen molar-refractivity contribution in [2.45, 2.75) is 11.8 Å². The van der Waals surface area contributed by atoms with E-state index in [4.69, 9.17) is 4.74 Å². The summed E-state index contributed by atoms with van der Waals surface area (Å²) in [6.45, 7) is 1.12. The third-order valence-corrected chi connectivity index (χ3v) is 4.61. The summed E-state index contributed by atoms with van der Waals surface area (Å²) in [5.74, 6) is 2.17. The lowest BCUT2D eigenvalue weighted by Gasteiger charge is -2.23. The third kappa shape index (κ3) is 2.33. The van der Waals surface area contributed by atoms with Crippen LogP contribution < -0.4 is 10.1 Å². The highest BCUT2D eigenvalue weighted by Crippen LogP contribution is 2.32. The van der Waals surface area contributed by atoms with E-state index in [9.17, 15) is 0 Å². The molecule has 2 nitrogen and oxygen atoms in total. The van der Waals surface area contributed by atoms with Gasteiger partial charge >= 0.3 is 0 Å². The second-order valence-electron chi connectivity index (χ2n) is 4.53. The van der Waals surface area contributed by atoms with E-state index in [-0.39, 0.29) is 0 Å². The Labute approximate surface area is 112 Å². The van der Waals surface area contributed by atoms with E-state index in [0.29, 0.717) is 5.37 Å². The van der Waals surface area contributed by atoms with E-state index in [1.165, 1.54) is 28.5 Å². The molecule has 94 valence electrons. The molecule has 2 aromatic carbocycles. The van der Waals surface area contributed by atoms with Gasteiger partial charge in [-0.25, -0.2) is 0 Å². The predicted molar refractivity (Wildman–Crippen MR) is 78.3 cm³/mol. The van der Waals surface area contributed by atoms with E-state index in [1.54, 1.807) is 7.11 Å². The molecule has 0 spiro atoms. The van der Waals surface area contributed by atoms with Gasteiger partial charge in [-0.3, -0.25) is 0 Å². The molecule has 3 heteroatoms. The molecule has 0 amide bonds. The molecule has 1 N–H and O–H groups in total. The number of hydrogen-bond acceptors (Lipinski definition) is 3. The number of rotatable bonds is 2. The summed E-state index contributed by atoms with van der Waals surface area (Å²) in [6.07, 6.45) is 1.27. The summed E-state index contributed by atoms with van der Waals surface area (Å²) in [5.41, 5.74) is 1.37. The molecular weight excluding hydrogens is 242 g/mol. The van der Waals surface area contributed by atoms with Crippen LogP contribution in [0.3, 0.4) is 0 Å². The number of ether oxygens (including phenoxy) is 1. The molecule has 1 aliphatic heterocycles. The van der Waals surface area contributed by atoms with E-state index in [2.05, 4.69) is 35.6 Å². The van der Waals surface area contributed by atoms with Crippen molar-refractivity contribution in [1.82, 2.24) is 5.32 Å². The van der Waals surface area contributed by atoms with Crippen LogP contribution in [0.5, 0.6) is 5.75 Å². The van der Waals surface area contributed by atoms with Gasteiger partial charge in [-0.1, -0.05) is 18.2 Å². The van der Waals surface area contributed by atoms with Gasteiger partial charge in [-0.2, -0.15) is 0 Å². The Balaban J connectivity index is 1.95. The minimum absolute atomic E-state index is 0.449. The Bertz CT molecular complexity index is 549. The molecule has 18 heavy (non-hydrogen) atoms. The molecule has 1 unspecified atom stereocenters. The minimum Gasteiger partial charge on any atom is -0.497 e. The maximum atomic E-state index is 5.25. The predicted octanol–water partition coefficient (Wildman–Crippen LogP) is 3.57. The second kappa shape index (κ2) is 5.21. The van der Waals surface area contributed by atoms with E-state index >= 15 is 0 Å². The van der Waals surface area contributed by atoms with Gasteiger partial charge in [-0.05, 0) is 53.3 Å². The topological polar surface area (TPSA) is 21.3 Å². The highest BCUT2D eigenvalue weighted by Gasteiger charge is 2.15. The quantitative estimate of drug-likeness (QED) is 0.891. The summed E-state index contributed by atoms with van der Waals surface area (Å²) in [6, 6.07) is 12.9. The molecule has 1 heterocycles. The molecular formula is C15H17NOS. The van der Waals surface area contributed by atoms with Crippen molar-refractivity contribution in [3.8, 4) is 5.75 Å². The smallest absolute Gasteiger partial charge is 0.119 e. The summed E-state index contributed by atoms with van der Waals surface area (Å²) in [7, 11) is 1.71. The lowest BCUT2D eigenvalue weighted by Crippen LogP contribution is -2.25. The van der Waals surface area contributed by atoms with Crippen LogP contribution in [0.15, 0.2) is 36.4 Å². The number of thioether (sulfide) groups is 1. The monoisotopic (exact) mass is 259 g/mol. The van der Waals surface area contributed by atoms with Crippen LogP contribution in [0.4, 0.5) is 0 Å². The molecule has 1 saturated heterocycles. The highest BCUT2D eigenvalue weighted by atomic mass is 32.2. The van der Waals surface area contributed by atoms with Crippen LogP contribution in [-0.4, -0.2) is 19.4 Å². The molecule has 0 radical (unpaired) electrons. The average Bonchev–Trinajstić information content (AvgIpc) is 2.47. The highest BCUT2D eigenvalue weighted by molar-refractivity contribution is 7.99. The van der Waals surface area contributed by atoms with Crippen molar-refractivity contribution in [1.29, 1.82) is 0 Å². The molecule has 1 aliphatic rings. The molecule has 0 aliphatic carbocycles. The normalized spacial score (nSPS) is 19.9. The average molecular weight is 259 g/mol. The molecule has 0 aromatic heterocycles. The number of benzene rings is 2.